The quantitative estimate of drug-likeness (QED) is 0.773. The Labute approximate surface area is 179 Å². The van der Waals surface area contributed by atoms with Crippen LogP contribution < -0.4 is 5.32 Å². The first-order valence-electron chi connectivity index (χ1n) is 10.8. The van der Waals surface area contributed by atoms with Crippen LogP contribution in [-0.2, 0) is 10.2 Å². The third-order valence-electron chi connectivity index (χ3n) is 5.91. The molecule has 1 aromatic rings. The standard InChI is InChI=1S/C23H35N3O2S/c1-5-12-24-22(28)25-13-10-17(11-14-25)15-26-20(27)16-29-21(26)18-6-8-19(9-7-18)23(2,3)4/h6-9,17,21H,5,10-16H2,1-4H3,(H,24,28). The lowest BCUT2D eigenvalue weighted by Crippen LogP contribution is -2.46. The summed E-state index contributed by atoms with van der Waals surface area (Å²) in [5.41, 5.74) is 2.66. The monoisotopic (exact) mass is 417 g/mol. The normalized spacial score (nSPS) is 21.0. The average molecular weight is 418 g/mol. The molecule has 0 aliphatic carbocycles. The van der Waals surface area contributed by atoms with Crippen LogP contribution in [0.4, 0.5) is 4.79 Å². The van der Waals surface area contributed by atoms with Crippen molar-refractivity contribution in [2.75, 3.05) is 31.9 Å². The van der Waals surface area contributed by atoms with Gasteiger partial charge in [0.05, 0.1) is 5.75 Å². The summed E-state index contributed by atoms with van der Waals surface area (Å²) in [6, 6.07) is 8.82. The first-order chi connectivity index (χ1) is 13.8. The summed E-state index contributed by atoms with van der Waals surface area (Å²) in [4.78, 5) is 28.7. The molecule has 0 saturated carbocycles. The average Bonchev–Trinajstić information content (AvgIpc) is 3.06. The highest BCUT2D eigenvalue weighted by atomic mass is 32.2. The summed E-state index contributed by atoms with van der Waals surface area (Å²) in [6.07, 6.45) is 2.88. The molecule has 6 heteroatoms. The van der Waals surface area contributed by atoms with Crippen molar-refractivity contribution in [1.82, 2.24) is 15.1 Å². The molecular weight excluding hydrogens is 382 g/mol. The Morgan fingerprint density at radius 3 is 2.41 bits per heavy atom. The molecule has 1 N–H and O–H groups in total. The number of carbonyl (C=O) groups is 2. The van der Waals surface area contributed by atoms with Gasteiger partial charge in [0, 0.05) is 26.2 Å². The first kappa shape index (κ1) is 22.0. The molecule has 1 unspecified atom stereocenters. The maximum absolute atomic E-state index is 12.6. The fraction of sp³-hybridized carbons (Fsp3) is 0.652. The minimum Gasteiger partial charge on any atom is -0.338 e. The van der Waals surface area contributed by atoms with Crippen molar-refractivity contribution in [2.45, 2.75) is 57.7 Å². The summed E-state index contributed by atoms with van der Waals surface area (Å²) in [5.74, 6) is 1.26. The minimum absolute atomic E-state index is 0.0509. The molecule has 0 aromatic heterocycles. The van der Waals surface area contributed by atoms with Gasteiger partial charge in [-0.25, -0.2) is 4.79 Å². The number of rotatable bonds is 5. The Bertz CT molecular complexity index is 706. The van der Waals surface area contributed by atoms with Gasteiger partial charge in [0.1, 0.15) is 5.37 Å². The molecule has 1 aromatic carbocycles. The Hall–Kier alpha value is -1.69. The van der Waals surface area contributed by atoms with E-state index in [-0.39, 0.29) is 22.7 Å². The van der Waals surface area contributed by atoms with E-state index in [0.717, 1.165) is 45.4 Å². The summed E-state index contributed by atoms with van der Waals surface area (Å²) in [7, 11) is 0. The van der Waals surface area contributed by atoms with E-state index >= 15 is 0 Å². The Morgan fingerprint density at radius 1 is 1.17 bits per heavy atom. The molecule has 0 bridgehead atoms. The van der Waals surface area contributed by atoms with Crippen LogP contribution >= 0.6 is 11.8 Å². The fourth-order valence-corrected chi connectivity index (χ4v) is 5.22. The van der Waals surface area contributed by atoms with E-state index in [9.17, 15) is 9.59 Å². The number of nitrogens with one attached hydrogen (secondary N) is 1. The predicted molar refractivity (Wildman–Crippen MR) is 120 cm³/mol. The van der Waals surface area contributed by atoms with Crippen molar-refractivity contribution in [3.63, 3.8) is 0 Å². The number of hydrogen-bond donors (Lipinski definition) is 1. The van der Waals surface area contributed by atoms with Crippen molar-refractivity contribution in [3.8, 4) is 0 Å². The summed E-state index contributed by atoms with van der Waals surface area (Å²) in [6.45, 7) is 11.8. The van der Waals surface area contributed by atoms with Crippen LogP contribution in [0.1, 0.15) is 63.5 Å². The third-order valence-corrected chi connectivity index (χ3v) is 7.17. The molecule has 3 rings (SSSR count). The molecule has 2 saturated heterocycles. The van der Waals surface area contributed by atoms with E-state index in [1.165, 1.54) is 11.1 Å². The van der Waals surface area contributed by atoms with E-state index < -0.39 is 0 Å². The maximum atomic E-state index is 12.6. The molecule has 0 radical (unpaired) electrons. The Kier molecular flexibility index (Phi) is 7.14. The summed E-state index contributed by atoms with van der Waals surface area (Å²) < 4.78 is 0. The van der Waals surface area contributed by atoms with Gasteiger partial charge in [0.25, 0.3) is 0 Å². The van der Waals surface area contributed by atoms with Crippen molar-refractivity contribution in [3.05, 3.63) is 35.4 Å². The predicted octanol–water partition coefficient (Wildman–Crippen LogP) is 4.39. The van der Waals surface area contributed by atoms with E-state index in [1.54, 1.807) is 11.8 Å². The number of likely N-dealkylation sites (tertiary alicyclic amines) is 1. The van der Waals surface area contributed by atoms with E-state index in [1.807, 2.05) is 4.90 Å². The SMILES string of the molecule is CCCNC(=O)N1CCC(CN2C(=O)CSC2c2ccc(C(C)(C)C)cc2)CC1. The molecule has 2 aliphatic rings. The van der Waals surface area contributed by atoms with Crippen molar-refractivity contribution < 1.29 is 9.59 Å². The van der Waals surface area contributed by atoms with Gasteiger partial charge < -0.3 is 15.1 Å². The van der Waals surface area contributed by atoms with Crippen LogP contribution in [0, 0.1) is 5.92 Å². The second-order valence-corrected chi connectivity index (χ2v) is 10.3. The Balaban J connectivity index is 1.58. The van der Waals surface area contributed by atoms with Gasteiger partial charge in [-0.3, -0.25) is 4.79 Å². The van der Waals surface area contributed by atoms with Gasteiger partial charge in [-0.15, -0.1) is 11.8 Å². The van der Waals surface area contributed by atoms with E-state index in [4.69, 9.17) is 0 Å². The highest BCUT2D eigenvalue weighted by Crippen LogP contribution is 2.40. The highest BCUT2D eigenvalue weighted by Gasteiger charge is 2.35. The largest absolute Gasteiger partial charge is 0.338 e. The third kappa shape index (κ3) is 5.47. The number of nitrogens with zero attached hydrogens (tertiary/aromatic N) is 2. The van der Waals surface area contributed by atoms with E-state index in [0.29, 0.717) is 11.7 Å². The first-order valence-corrected chi connectivity index (χ1v) is 11.9. The molecule has 2 aliphatic heterocycles. The zero-order chi connectivity index (χ0) is 21.0. The lowest BCUT2D eigenvalue weighted by Gasteiger charge is -2.35. The highest BCUT2D eigenvalue weighted by molar-refractivity contribution is 8.00. The molecule has 1 atom stereocenters. The number of hydrogen-bond acceptors (Lipinski definition) is 3. The van der Waals surface area contributed by atoms with Crippen molar-refractivity contribution >= 4 is 23.7 Å². The molecule has 2 heterocycles. The van der Waals surface area contributed by atoms with Crippen LogP contribution in [-0.4, -0.2) is 53.7 Å². The number of carbonyl (C=O) groups excluding carboxylic acids is 2. The fourth-order valence-electron chi connectivity index (χ4n) is 4.02. The molecule has 0 spiro atoms. The summed E-state index contributed by atoms with van der Waals surface area (Å²) >= 11 is 1.73. The zero-order valence-corrected chi connectivity index (χ0v) is 19.1. The van der Waals surface area contributed by atoms with Crippen molar-refractivity contribution in [1.29, 1.82) is 0 Å². The lowest BCUT2D eigenvalue weighted by molar-refractivity contribution is -0.128. The maximum Gasteiger partial charge on any atom is 0.317 e. The molecular formula is C23H35N3O2S. The minimum atomic E-state index is 0.0509. The lowest BCUT2D eigenvalue weighted by atomic mass is 9.86. The molecule has 2 fully saturated rings. The second kappa shape index (κ2) is 9.41. The number of urea groups is 1. The molecule has 5 nitrogen and oxygen atoms in total. The van der Waals surface area contributed by atoms with Gasteiger partial charge in [-0.2, -0.15) is 0 Å². The van der Waals surface area contributed by atoms with Gasteiger partial charge in [-0.05, 0) is 41.7 Å². The van der Waals surface area contributed by atoms with Crippen LogP contribution in [0.25, 0.3) is 0 Å². The Morgan fingerprint density at radius 2 is 1.83 bits per heavy atom. The molecule has 29 heavy (non-hydrogen) atoms. The number of benzene rings is 1. The van der Waals surface area contributed by atoms with Crippen LogP contribution in [0.3, 0.4) is 0 Å². The number of piperidine rings is 1. The van der Waals surface area contributed by atoms with Crippen LogP contribution in [0.2, 0.25) is 0 Å². The smallest absolute Gasteiger partial charge is 0.317 e. The van der Waals surface area contributed by atoms with Crippen molar-refractivity contribution in [2.24, 2.45) is 5.92 Å². The topological polar surface area (TPSA) is 52.7 Å². The number of amides is 3. The number of thioether (sulfide) groups is 1. The van der Waals surface area contributed by atoms with Gasteiger partial charge in [-0.1, -0.05) is 52.0 Å². The van der Waals surface area contributed by atoms with Gasteiger partial charge in [0.2, 0.25) is 5.91 Å². The molecule has 3 amide bonds. The second-order valence-electron chi connectivity index (χ2n) is 9.24. The van der Waals surface area contributed by atoms with E-state index in [2.05, 4.69) is 62.2 Å². The van der Waals surface area contributed by atoms with Gasteiger partial charge in [0.15, 0.2) is 0 Å². The van der Waals surface area contributed by atoms with Crippen LogP contribution in [0.5, 0.6) is 0 Å². The molecule has 160 valence electrons. The van der Waals surface area contributed by atoms with Gasteiger partial charge >= 0.3 is 6.03 Å². The van der Waals surface area contributed by atoms with Crippen LogP contribution in [0.15, 0.2) is 24.3 Å². The zero-order valence-electron chi connectivity index (χ0n) is 18.2. The summed E-state index contributed by atoms with van der Waals surface area (Å²) in [5, 5.41) is 3.07.